The highest BCUT2D eigenvalue weighted by molar-refractivity contribution is 6.04. The van der Waals surface area contributed by atoms with Gasteiger partial charge in [0, 0.05) is 36.9 Å². The Labute approximate surface area is 163 Å². The van der Waals surface area contributed by atoms with Crippen molar-refractivity contribution in [3.63, 3.8) is 0 Å². The van der Waals surface area contributed by atoms with E-state index in [2.05, 4.69) is 21.4 Å². The summed E-state index contributed by atoms with van der Waals surface area (Å²) in [5, 5.41) is 13.5. The summed E-state index contributed by atoms with van der Waals surface area (Å²) < 4.78 is 5.17. The summed E-state index contributed by atoms with van der Waals surface area (Å²) in [5.41, 5.74) is 0.644. The molecule has 8 heteroatoms. The van der Waals surface area contributed by atoms with E-state index in [0.717, 1.165) is 18.2 Å². The number of fused-ring (bicyclic) bond motifs is 1. The third-order valence-corrected chi connectivity index (χ3v) is 4.95. The number of nitriles is 1. The van der Waals surface area contributed by atoms with Gasteiger partial charge in [0.05, 0.1) is 18.4 Å². The van der Waals surface area contributed by atoms with Gasteiger partial charge in [-0.15, -0.1) is 0 Å². The summed E-state index contributed by atoms with van der Waals surface area (Å²) in [7, 11) is 0. The van der Waals surface area contributed by atoms with Crippen LogP contribution in [0.2, 0.25) is 0 Å². The highest BCUT2D eigenvalue weighted by atomic mass is 16.5. The van der Waals surface area contributed by atoms with Crippen LogP contribution in [0.15, 0.2) is 18.5 Å². The van der Waals surface area contributed by atoms with Gasteiger partial charge < -0.3 is 19.9 Å². The van der Waals surface area contributed by atoms with Gasteiger partial charge in [0.1, 0.15) is 16.6 Å². The summed E-state index contributed by atoms with van der Waals surface area (Å²) >= 11 is 0. The Balaban J connectivity index is 1.86. The summed E-state index contributed by atoms with van der Waals surface area (Å²) in [4.78, 5) is 34.1. The predicted molar refractivity (Wildman–Crippen MR) is 105 cm³/mol. The zero-order chi connectivity index (χ0) is 20.3. The van der Waals surface area contributed by atoms with Crippen LogP contribution in [-0.4, -0.2) is 52.5 Å². The first-order chi connectivity index (χ1) is 13.4. The van der Waals surface area contributed by atoms with Crippen LogP contribution < -0.4 is 5.32 Å². The number of hydrogen-bond donors (Lipinski definition) is 2. The van der Waals surface area contributed by atoms with Gasteiger partial charge in [-0.05, 0) is 39.7 Å². The molecule has 2 N–H and O–H groups in total. The van der Waals surface area contributed by atoms with Crippen LogP contribution in [-0.2, 0) is 9.53 Å². The molecule has 0 aromatic carbocycles. The molecular weight excluding hydrogens is 358 g/mol. The van der Waals surface area contributed by atoms with Gasteiger partial charge in [-0.25, -0.2) is 9.78 Å². The second-order valence-corrected chi connectivity index (χ2v) is 7.48. The van der Waals surface area contributed by atoms with E-state index in [-0.39, 0.29) is 18.6 Å². The first kappa shape index (κ1) is 19.7. The first-order valence-corrected chi connectivity index (χ1v) is 9.47. The van der Waals surface area contributed by atoms with Crippen molar-refractivity contribution in [1.29, 1.82) is 5.26 Å². The lowest BCUT2D eigenvalue weighted by Gasteiger charge is -2.36. The zero-order valence-electron chi connectivity index (χ0n) is 16.4. The van der Waals surface area contributed by atoms with Crippen LogP contribution in [0.1, 0.15) is 44.0 Å². The molecule has 3 rings (SSSR count). The molecule has 0 aliphatic carbocycles. The average Bonchev–Trinajstić information content (AvgIpc) is 3.17. The first-order valence-electron chi connectivity index (χ1n) is 9.47. The number of aromatic nitrogens is 2. The highest BCUT2D eigenvalue weighted by Gasteiger charge is 2.35. The number of nitrogens with zero attached hydrogens (tertiary/aromatic N) is 3. The van der Waals surface area contributed by atoms with E-state index in [4.69, 9.17) is 4.74 Å². The van der Waals surface area contributed by atoms with E-state index in [0.29, 0.717) is 30.0 Å². The fourth-order valence-corrected chi connectivity index (χ4v) is 3.45. The Hall–Kier alpha value is -3.08. The van der Waals surface area contributed by atoms with Crippen molar-refractivity contribution in [3.8, 4) is 6.07 Å². The van der Waals surface area contributed by atoms with Crippen molar-refractivity contribution in [2.24, 2.45) is 5.41 Å². The van der Waals surface area contributed by atoms with Crippen molar-refractivity contribution >= 4 is 28.6 Å². The lowest BCUT2D eigenvalue weighted by molar-refractivity contribution is -0.138. The smallest absolute Gasteiger partial charge is 0.341 e. The monoisotopic (exact) mass is 383 g/mol. The molecule has 1 aliphatic rings. The summed E-state index contributed by atoms with van der Waals surface area (Å²) in [6.45, 7) is 6.41. The molecule has 0 radical (unpaired) electrons. The number of amides is 1. The summed E-state index contributed by atoms with van der Waals surface area (Å²) in [5.74, 6) is -0.608. The maximum atomic E-state index is 12.7. The van der Waals surface area contributed by atoms with Crippen molar-refractivity contribution in [2.75, 3.05) is 25.0 Å². The van der Waals surface area contributed by atoms with E-state index < -0.39 is 11.4 Å². The van der Waals surface area contributed by atoms with E-state index in [1.807, 2.05) is 6.07 Å². The average molecular weight is 383 g/mol. The molecule has 0 unspecified atom stereocenters. The van der Waals surface area contributed by atoms with Crippen molar-refractivity contribution in [2.45, 2.75) is 39.7 Å². The number of rotatable bonds is 5. The number of pyridine rings is 1. The normalized spacial score (nSPS) is 17.2. The zero-order valence-corrected chi connectivity index (χ0v) is 16.4. The number of anilines is 1. The van der Waals surface area contributed by atoms with Gasteiger partial charge >= 0.3 is 5.97 Å². The number of likely N-dealkylation sites (tertiary alicyclic amines) is 1. The Bertz CT molecular complexity index is 928. The third kappa shape index (κ3) is 3.79. The van der Waals surface area contributed by atoms with E-state index >= 15 is 0 Å². The second-order valence-electron chi connectivity index (χ2n) is 7.48. The maximum absolute atomic E-state index is 12.7. The number of piperidine rings is 1. The van der Waals surface area contributed by atoms with Crippen LogP contribution in [0.3, 0.4) is 0 Å². The third-order valence-electron chi connectivity index (χ3n) is 4.95. The van der Waals surface area contributed by atoms with Crippen LogP contribution in [0.4, 0.5) is 5.69 Å². The van der Waals surface area contributed by atoms with Crippen molar-refractivity contribution < 1.29 is 14.3 Å². The molecule has 3 heterocycles. The molecule has 1 fully saturated rings. The molecule has 1 aliphatic heterocycles. The molecule has 2 aromatic heterocycles. The maximum Gasteiger partial charge on any atom is 0.341 e. The Morgan fingerprint density at radius 2 is 2.29 bits per heavy atom. The van der Waals surface area contributed by atoms with Crippen molar-refractivity contribution in [1.82, 2.24) is 14.9 Å². The number of esters is 1. The Morgan fingerprint density at radius 3 is 3.00 bits per heavy atom. The molecule has 0 saturated carbocycles. The van der Waals surface area contributed by atoms with Gasteiger partial charge in [0.25, 0.3) is 0 Å². The fourth-order valence-electron chi connectivity index (χ4n) is 3.45. The van der Waals surface area contributed by atoms with Gasteiger partial charge in [-0.2, -0.15) is 5.26 Å². The Morgan fingerprint density at radius 1 is 1.50 bits per heavy atom. The number of carbonyl (C=O) groups excluding carboxylic acids is 2. The lowest BCUT2D eigenvalue weighted by atomic mass is 9.92. The highest BCUT2D eigenvalue weighted by Crippen LogP contribution is 2.29. The number of ether oxygens (including phenoxy) is 1. The minimum Gasteiger partial charge on any atom is -0.462 e. The molecule has 8 nitrogen and oxygen atoms in total. The quantitative estimate of drug-likeness (QED) is 0.768. The number of H-pyrrole nitrogens is 1. The standard InChI is InChI=1S/C20H25N5O3/c1-4-28-18(26)15-10-23-17-14(7-8-22-17)16(15)24-13-6-5-9-25(11-13)19(27)20(2,3)12-21/h7-8,10,13H,4-6,9,11H2,1-3H3,(H2,22,23,24)/t13-/m1/s1. The second kappa shape index (κ2) is 7.89. The van der Waals surface area contributed by atoms with E-state index in [1.54, 1.807) is 31.9 Å². The lowest BCUT2D eigenvalue weighted by Crippen LogP contribution is -2.49. The Kier molecular flexibility index (Phi) is 5.54. The van der Waals surface area contributed by atoms with Gasteiger partial charge in [-0.1, -0.05) is 0 Å². The van der Waals surface area contributed by atoms with Crippen LogP contribution in [0.25, 0.3) is 11.0 Å². The molecule has 0 bridgehead atoms. The molecule has 1 atom stereocenters. The van der Waals surface area contributed by atoms with Crippen LogP contribution >= 0.6 is 0 Å². The molecule has 2 aromatic rings. The molecular formula is C20H25N5O3. The van der Waals surface area contributed by atoms with Gasteiger partial charge in [0.15, 0.2) is 0 Å². The SMILES string of the molecule is CCOC(=O)c1cnc2[nH]ccc2c1N[C@@H]1CCCN(C(=O)C(C)(C)C#N)C1. The molecule has 28 heavy (non-hydrogen) atoms. The molecule has 148 valence electrons. The van der Waals surface area contributed by atoms with Gasteiger partial charge in [-0.3, -0.25) is 4.79 Å². The largest absolute Gasteiger partial charge is 0.462 e. The number of hydrogen-bond acceptors (Lipinski definition) is 6. The summed E-state index contributed by atoms with van der Waals surface area (Å²) in [6, 6.07) is 3.89. The number of aromatic amines is 1. The molecule has 1 amide bonds. The van der Waals surface area contributed by atoms with Crippen molar-refractivity contribution in [3.05, 3.63) is 24.0 Å². The van der Waals surface area contributed by atoms with Crippen LogP contribution in [0, 0.1) is 16.7 Å². The molecule has 0 spiro atoms. The van der Waals surface area contributed by atoms with Gasteiger partial charge in [0.2, 0.25) is 5.91 Å². The minimum absolute atomic E-state index is 0.0409. The number of carbonyl (C=O) groups is 2. The number of nitrogens with one attached hydrogen (secondary N) is 2. The summed E-state index contributed by atoms with van der Waals surface area (Å²) in [6.07, 6.45) is 4.95. The van der Waals surface area contributed by atoms with E-state index in [9.17, 15) is 14.9 Å². The van der Waals surface area contributed by atoms with Crippen LogP contribution in [0.5, 0.6) is 0 Å². The predicted octanol–water partition coefficient (Wildman–Crippen LogP) is 2.69. The fraction of sp³-hybridized carbons (Fsp3) is 0.500. The minimum atomic E-state index is -1.05. The molecule has 1 saturated heterocycles. The van der Waals surface area contributed by atoms with E-state index in [1.165, 1.54) is 6.20 Å². The topological polar surface area (TPSA) is 111 Å².